The molecular weight excluding hydrogens is 418 g/mol. The van der Waals surface area contributed by atoms with Crippen molar-refractivity contribution < 1.29 is 18.7 Å². The number of hydrogen-bond donors (Lipinski definition) is 1. The number of nitrogens with one attached hydrogen (secondary N) is 1. The third kappa shape index (κ3) is 7.07. The van der Waals surface area contributed by atoms with Crippen molar-refractivity contribution in [1.82, 2.24) is 10.2 Å². The summed E-state index contributed by atoms with van der Waals surface area (Å²) in [5.41, 5.74) is 0. The highest BCUT2D eigenvalue weighted by Gasteiger charge is 2.30. The lowest BCUT2D eigenvalue weighted by atomic mass is 10.0. The van der Waals surface area contributed by atoms with Crippen molar-refractivity contribution in [1.29, 1.82) is 0 Å². The number of piperidine rings is 1. The fourth-order valence-electron chi connectivity index (χ4n) is 3.08. The zero-order valence-electron chi connectivity index (χ0n) is 15.8. The number of carbonyl (C=O) groups excluding carboxylic acids is 1. The quantitative estimate of drug-likeness (QED) is 0.674. The molecule has 1 amide bonds. The van der Waals surface area contributed by atoms with Gasteiger partial charge in [0.15, 0.2) is 6.61 Å². The van der Waals surface area contributed by atoms with Crippen molar-refractivity contribution in [2.45, 2.75) is 18.6 Å². The van der Waals surface area contributed by atoms with E-state index < -0.39 is 12.2 Å². The molecular formula is C21H23Cl2FN2O3. The predicted octanol–water partition coefficient (Wildman–Crippen LogP) is 3.98. The number of alkyl halides is 1. The predicted molar refractivity (Wildman–Crippen MR) is 112 cm³/mol. The number of benzene rings is 2. The molecule has 8 heteroatoms. The summed E-state index contributed by atoms with van der Waals surface area (Å²) in [5.74, 6) is 0.929. The Balaban J connectivity index is 1.35. The number of amides is 1. The second-order valence-corrected chi connectivity index (χ2v) is 7.70. The van der Waals surface area contributed by atoms with E-state index in [1.165, 1.54) is 0 Å². The third-order valence-electron chi connectivity index (χ3n) is 4.65. The molecule has 3 rings (SSSR count). The van der Waals surface area contributed by atoms with Crippen LogP contribution >= 0.6 is 23.2 Å². The molecule has 2 atom stereocenters. The highest BCUT2D eigenvalue weighted by Crippen LogP contribution is 2.18. The Morgan fingerprint density at radius 2 is 1.62 bits per heavy atom. The Morgan fingerprint density at radius 1 is 1.03 bits per heavy atom. The van der Waals surface area contributed by atoms with Crippen LogP contribution in [0.15, 0.2) is 48.5 Å². The van der Waals surface area contributed by atoms with E-state index >= 15 is 0 Å². The Bertz CT molecular complexity index is 790. The van der Waals surface area contributed by atoms with E-state index in [1.807, 2.05) is 4.90 Å². The van der Waals surface area contributed by atoms with Gasteiger partial charge in [0, 0.05) is 29.7 Å². The Morgan fingerprint density at radius 3 is 2.21 bits per heavy atom. The van der Waals surface area contributed by atoms with E-state index in [2.05, 4.69) is 5.32 Å². The Kier molecular flexibility index (Phi) is 7.98. The van der Waals surface area contributed by atoms with Gasteiger partial charge in [-0.15, -0.1) is 0 Å². The number of likely N-dealkylation sites (tertiary alicyclic amines) is 1. The van der Waals surface area contributed by atoms with Crippen molar-refractivity contribution in [3.63, 3.8) is 0 Å². The normalized spacial score (nSPS) is 19.6. The number of hydrogen-bond acceptors (Lipinski definition) is 4. The smallest absolute Gasteiger partial charge is 0.258 e. The van der Waals surface area contributed by atoms with Crippen LogP contribution in [0.1, 0.15) is 6.42 Å². The fourth-order valence-corrected chi connectivity index (χ4v) is 3.34. The van der Waals surface area contributed by atoms with Gasteiger partial charge in [-0.25, -0.2) is 4.39 Å². The first-order valence-corrected chi connectivity index (χ1v) is 10.2. The van der Waals surface area contributed by atoms with Crippen LogP contribution in [0.3, 0.4) is 0 Å². The van der Waals surface area contributed by atoms with Crippen LogP contribution < -0.4 is 14.8 Å². The molecule has 0 bridgehead atoms. The van der Waals surface area contributed by atoms with E-state index in [9.17, 15) is 9.18 Å². The Hall–Kier alpha value is -2.02. The van der Waals surface area contributed by atoms with Crippen LogP contribution in [-0.2, 0) is 4.79 Å². The van der Waals surface area contributed by atoms with Crippen LogP contribution in [0.2, 0.25) is 10.0 Å². The lowest BCUT2D eigenvalue weighted by molar-refractivity contribution is -0.124. The maximum absolute atomic E-state index is 14.5. The number of nitrogens with zero attached hydrogens (tertiary/aromatic N) is 1. The van der Waals surface area contributed by atoms with Crippen molar-refractivity contribution in [2.24, 2.45) is 0 Å². The summed E-state index contributed by atoms with van der Waals surface area (Å²) in [5, 5.41) is 3.97. The minimum atomic E-state index is -1.14. The monoisotopic (exact) mass is 440 g/mol. The molecule has 1 aliphatic rings. The molecule has 0 radical (unpaired) electrons. The van der Waals surface area contributed by atoms with Crippen molar-refractivity contribution in [3.05, 3.63) is 58.6 Å². The SMILES string of the molecule is O=C(COc1ccc(Cl)cc1)NC1CCN(CCOc2ccc(Cl)cc2)CC1F. The average molecular weight is 441 g/mol. The molecule has 0 spiro atoms. The number of carbonyl (C=O) groups is 1. The lowest BCUT2D eigenvalue weighted by Gasteiger charge is -2.34. The van der Waals surface area contributed by atoms with E-state index in [-0.39, 0.29) is 19.1 Å². The molecule has 1 fully saturated rings. The van der Waals surface area contributed by atoms with Gasteiger partial charge in [-0.3, -0.25) is 9.69 Å². The van der Waals surface area contributed by atoms with Crippen molar-refractivity contribution in [2.75, 3.05) is 32.8 Å². The van der Waals surface area contributed by atoms with Gasteiger partial charge in [-0.1, -0.05) is 23.2 Å². The number of rotatable bonds is 8. The van der Waals surface area contributed by atoms with Gasteiger partial charge in [-0.2, -0.15) is 0 Å². The summed E-state index contributed by atoms with van der Waals surface area (Å²) < 4.78 is 25.5. The summed E-state index contributed by atoms with van der Waals surface area (Å²) in [7, 11) is 0. The minimum absolute atomic E-state index is 0.163. The highest BCUT2D eigenvalue weighted by molar-refractivity contribution is 6.30. The first-order chi connectivity index (χ1) is 14.0. The van der Waals surface area contributed by atoms with Gasteiger partial charge in [0.25, 0.3) is 5.91 Å². The summed E-state index contributed by atoms with van der Waals surface area (Å²) in [6, 6.07) is 13.3. The summed E-state index contributed by atoms with van der Waals surface area (Å²) in [4.78, 5) is 14.1. The molecule has 5 nitrogen and oxygen atoms in total. The van der Waals surface area contributed by atoms with Gasteiger partial charge in [0.1, 0.15) is 24.3 Å². The van der Waals surface area contributed by atoms with E-state index in [0.29, 0.717) is 41.9 Å². The maximum Gasteiger partial charge on any atom is 0.258 e. The molecule has 1 saturated heterocycles. The van der Waals surface area contributed by atoms with Crippen LogP contribution in [0.4, 0.5) is 4.39 Å². The molecule has 0 saturated carbocycles. The molecule has 2 aromatic rings. The maximum atomic E-state index is 14.5. The van der Waals surface area contributed by atoms with Gasteiger partial charge >= 0.3 is 0 Å². The van der Waals surface area contributed by atoms with Crippen LogP contribution in [0, 0.1) is 0 Å². The average Bonchev–Trinajstić information content (AvgIpc) is 2.71. The largest absolute Gasteiger partial charge is 0.492 e. The standard InChI is InChI=1S/C21H23Cl2FN2O3/c22-15-1-5-17(6-2-15)28-12-11-26-10-9-20(19(24)13-26)25-21(27)14-29-18-7-3-16(23)4-8-18/h1-8,19-20H,9-14H2,(H,25,27). The first kappa shape index (κ1) is 21.7. The van der Waals surface area contributed by atoms with Crippen molar-refractivity contribution >= 4 is 29.1 Å². The van der Waals surface area contributed by atoms with Crippen molar-refractivity contribution in [3.8, 4) is 11.5 Å². The molecule has 1 heterocycles. The van der Waals surface area contributed by atoms with E-state index in [1.54, 1.807) is 48.5 Å². The molecule has 1 N–H and O–H groups in total. The number of halogens is 3. The van der Waals surface area contributed by atoms with E-state index in [0.717, 1.165) is 5.75 Å². The Labute approximate surface area is 179 Å². The first-order valence-electron chi connectivity index (χ1n) is 9.42. The molecule has 2 unspecified atom stereocenters. The highest BCUT2D eigenvalue weighted by atomic mass is 35.5. The zero-order valence-corrected chi connectivity index (χ0v) is 17.3. The second-order valence-electron chi connectivity index (χ2n) is 6.82. The molecule has 156 valence electrons. The van der Waals surface area contributed by atoms with Crippen LogP contribution in [0.25, 0.3) is 0 Å². The van der Waals surface area contributed by atoms with E-state index in [4.69, 9.17) is 32.7 Å². The minimum Gasteiger partial charge on any atom is -0.492 e. The topological polar surface area (TPSA) is 50.8 Å². The van der Waals surface area contributed by atoms with Crippen LogP contribution in [-0.4, -0.2) is 55.9 Å². The lowest BCUT2D eigenvalue weighted by Crippen LogP contribution is -2.53. The number of ether oxygens (including phenoxy) is 2. The van der Waals surface area contributed by atoms with Crippen LogP contribution in [0.5, 0.6) is 11.5 Å². The van der Waals surface area contributed by atoms with Gasteiger partial charge in [-0.05, 0) is 55.0 Å². The fraction of sp³-hybridized carbons (Fsp3) is 0.381. The summed E-state index contributed by atoms with van der Waals surface area (Å²) >= 11 is 11.6. The molecule has 0 aromatic heterocycles. The summed E-state index contributed by atoms with van der Waals surface area (Å²) in [6.07, 6.45) is -0.604. The van der Waals surface area contributed by atoms with Gasteiger partial charge < -0.3 is 14.8 Å². The molecule has 1 aliphatic heterocycles. The molecule has 0 aliphatic carbocycles. The molecule has 2 aromatic carbocycles. The van der Waals surface area contributed by atoms with Gasteiger partial charge in [0.05, 0.1) is 6.04 Å². The summed E-state index contributed by atoms with van der Waals surface area (Å²) in [6.45, 7) is 1.85. The van der Waals surface area contributed by atoms with Gasteiger partial charge in [0.2, 0.25) is 0 Å². The zero-order chi connectivity index (χ0) is 20.6. The second kappa shape index (κ2) is 10.7. The molecule has 29 heavy (non-hydrogen) atoms. The third-order valence-corrected chi connectivity index (χ3v) is 5.15.